The topological polar surface area (TPSA) is 47.3 Å². The number of thioether (sulfide) groups is 1. The second-order valence-corrected chi connectivity index (χ2v) is 6.05. The molecule has 0 spiro atoms. The molecule has 2 aromatic rings. The standard InChI is InChI=1S/C16H17FN2OS/c17-13-2-1-3-14(9-13)21-10-15(19-18)11-4-5-16-12(8-11)6-7-20-16/h1-5,8-9,15,19H,6-7,10,18H2. The Balaban J connectivity index is 1.70. The number of hydrazine groups is 1. The van der Waals surface area contributed by atoms with Gasteiger partial charge in [0.2, 0.25) is 0 Å². The van der Waals surface area contributed by atoms with Crippen LogP contribution in [0.5, 0.6) is 5.75 Å². The van der Waals surface area contributed by atoms with Gasteiger partial charge < -0.3 is 4.74 Å². The molecule has 21 heavy (non-hydrogen) atoms. The van der Waals surface area contributed by atoms with Crippen LogP contribution in [-0.2, 0) is 6.42 Å². The highest BCUT2D eigenvalue weighted by Gasteiger charge is 2.16. The third-order valence-electron chi connectivity index (χ3n) is 3.53. The molecule has 1 atom stereocenters. The summed E-state index contributed by atoms with van der Waals surface area (Å²) in [5.74, 6) is 7.16. The first-order chi connectivity index (χ1) is 10.3. The summed E-state index contributed by atoms with van der Waals surface area (Å²) in [7, 11) is 0. The van der Waals surface area contributed by atoms with Crippen LogP contribution in [0.1, 0.15) is 17.2 Å². The van der Waals surface area contributed by atoms with Crippen molar-refractivity contribution in [2.75, 3.05) is 12.4 Å². The van der Waals surface area contributed by atoms with Crippen LogP contribution in [0.3, 0.4) is 0 Å². The van der Waals surface area contributed by atoms with Gasteiger partial charge in [0.1, 0.15) is 11.6 Å². The highest BCUT2D eigenvalue weighted by Crippen LogP contribution is 2.30. The van der Waals surface area contributed by atoms with E-state index in [1.807, 2.05) is 18.2 Å². The molecule has 1 heterocycles. The van der Waals surface area contributed by atoms with E-state index in [0.29, 0.717) is 0 Å². The van der Waals surface area contributed by atoms with Gasteiger partial charge in [-0.05, 0) is 35.4 Å². The van der Waals surface area contributed by atoms with Crippen molar-refractivity contribution in [1.82, 2.24) is 5.43 Å². The second kappa shape index (κ2) is 6.47. The fraction of sp³-hybridized carbons (Fsp3) is 0.250. The Labute approximate surface area is 127 Å². The van der Waals surface area contributed by atoms with Crippen LogP contribution in [-0.4, -0.2) is 12.4 Å². The van der Waals surface area contributed by atoms with Crippen molar-refractivity contribution in [3.63, 3.8) is 0 Å². The Kier molecular flexibility index (Phi) is 4.43. The lowest BCUT2D eigenvalue weighted by molar-refractivity contribution is 0.356. The number of hydrogen-bond donors (Lipinski definition) is 2. The average molecular weight is 304 g/mol. The highest BCUT2D eigenvalue weighted by atomic mass is 32.2. The van der Waals surface area contributed by atoms with E-state index in [-0.39, 0.29) is 11.9 Å². The van der Waals surface area contributed by atoms with Gasteiger partial charge in [0.25, 0.3) is 0 Å². The van der Waals surface area contributed by atoms with Gasteiger partial charge in [-0.25, -0.2) is 4.39 Å². The number of nitrogens with two attached hydrogens (primary N) is 1. The molecule has 3 N–H and O–H groups in total. The molecule has 0 aliphatic carbocycles. The Morgan fingerprint density at radius 1 is 1.29 bits per heavy atom. The highest BCUT2D eigenvalue weighted by molar-refractivity contribution is 7.99. The Bertz CT molecular complexity index is 635. The molecule has 0 fully saturated rings. The summed E-state index contributed by atoms with van der Waals surface area (Å²) in [6.45, 7) is 0.748. The van der Waals surface area contributed by atoms with Crippen molar-refractivity contribution in [3.05, 3.63) is 59.4 Å². The predicted molar refractivity (Wildman–Crippen MR) is 82.8 cm³/mol. The van der Waals surface area contributed by atoms with E-state index in [1.165, 1.54) is 17.7 Å². The summed E-state index contributed by atoms with van der Waals surface area (Å²) in [4.78, 5) is 0.903. The Morgan fingerprint density at radius 2 is 2.19 bits per heavy atom. The van der Waals surface area contributed by atoms with E-state index in [1.54, 1.807) is 17.8 Å². The third kappa shape index (κ3) is 3.37. The fourth-order valence-corrected chi connectivity index (χ4v) is 3.42. The molecule has 1 unspecified atom stereocenters. The van der Waals surface area contributed by atoms with Crippen LogP contribution < -0.4 is 16.0 Å². The third-order valence-corrected chi connectivity index (χ3v) is 4.62. The van der Waals surface area contributed by atoms with Gasteiger partial charge in [-0.15, -0.1) is 11.8 Å². The van der Waals surface area contributed by atoms with Crippen LogP contribution in [0.2, 0.25) is 0 Å². The number of hydrogen-bond acceptors (Lipinski definition) is 4. The van der Waals surface area contributed by atoms with E-state index in [0.717, 1.165) is 35.0 Å². The second-order valence-electron chi connectivity index (χ2n) is 4.95. The van der Waals surface area contributed by atoms with E-state index in [2.05, 4.69) is 11.5 Å². The molecule has 0 amide bonds. The van der Waals surface area contributed by atoms with Crippen LogP contribution >= 0.6 is 11.8 Å². The smallest absolute Gasteiger partial charge is 0.124 e. The summed E-state index contributed by atoms with van der Waals surface area (Å²) in [6.07, 6.45) is 0.942. The van der Waals surface area contributed by atoms with Crippen LogP contribution in [0.15, 0.2) is 47.4 Å². The molecule has 0 radical (unpaired) electrons. The maximum Gasteiger partial charge on any atom is 0.124 e. The zero-order valence-electron chi connectivity index (χ0n) is 11.5. The SMILES string of the molecule is NNC(CSc1cccc(F)c1)c1ccc2c(c1)CCO2. The molecule has 3 rings (SSSR count). The first kappa shape index (κ1) is 14.4. The molecule has 1 aliphatic rings. The maximum atomic E-state index is 13.2. The number of rotatable bonds is 5. The number of nitrogens with one attached hydrogen (secondary N) is 1. The van der Waals surface area contributed by atoms with E-state index < -0.39 is 0 Å². The van der Waals surface area contributed by atoms with Gasteiger partial charge in [-0.2, -0.15) is 0 Å². The van der Waals surface area contributed by atoms with Crippen molar-refractivity contribution < 1.29 is 9.13 Å². The molecular weight excluding hydrogens is 287 g/mol. The van der Waals surface area contributed by atoms with E-state index in [9.17, 15) is 4.39 Å². The monoisotopic (exact) mass is 304 g/mol. The first-order valence-electron chi connectivity index (χ1n) is 6.86. The van der Waals surface area contributed by atoms with Gasteiger partial charge in [0.15, 0.2) is 0 Å². The van der Waals surface area contributed by atoms with Crippen LogP contribution in [0.25, 0.3) is 0 Å². The van der Waals surface area contributed by atoms with Crippen molar-refractivity contribution >= 4 is 11.8 Å². The van der Waals surface area contributed by atoms with E-state index in [4.69, 9.17) is 10.6 Å². The van der Waals surface area contributed by atoms with Gasteiger partial charge in [-0.1, -0.05) is 18.2 Å². The Hall–Kier alpha value is -1.56. The fourth-order valence-electron chi connectivity index (χ4n) is 2.40. The van der Waals surface area contributed by atoms with Gasteiger partial charge in [-0.3, -0.25) is 11.3 Å². The first-order valence-corrected chi connectivity index (χ1v) is 7.85. The lowest BCUT2D eigenvalue weighted by atomic mass is 10.0. The summed E-state index contributed by atoms with van der Waals surface area (Å²) in [5.41, 5.74) is 5.19. The number of fused-ring (bicyclic) bond motifs is 1. The molecule has 0 saturated carbocycles. The molecule has 2 aromatic carbocycles. The van der Waals surface area contributed by atoms with Gasteiger partial charge in [0, 0.05) is 17.1 Å². The lowest BCUT2D eigenvalue weighted by Crippen LogP contribution is -2.29. The molecule has 1 aliphatic heterocycles. The quantitative estimate of drug-likeness (QED) is 0.506. The minimum absolute atomic E-state index is 0.0177. The molecule has 0 aromatic heterocycles. The molecule has 0 saturated heterocycles. The van der Waals surface area contributed by atoms with Crippen LogP contribution in [0.4, 0.5) is 4.39 Å². The average Bonchev–Trinajstić information content (AvgIpc) is 2.95. The molecule has 110 valence electrons. The zero-order valence-corrected chi connectivity index (χ0v) is 12.3. The molecule has 5 heteroatoms. The molecule has 3 nitrogen and oxygen atoms in total. The van der Waals surface area contributed by atoms with Gasteiger partial charge in [0.05, 0.1) is 12.6 Å². The summed E-state index contributed by atoms with van der Waals surface area (Å²) < 4.78 is 18.7. The van der Waals surface area contributed by atoms with Crippen molar-refractivity contribution in [2.24, 2.45) is 5.84 Å². The summed E-state index contributed by atoms with van der Waals surface area (Å²) in [5, 5.41) is 0. The minimum atomic E-state index is -0.216. The summed E-state index contributed by atoms with van der Waals surface area (Å²) in [6, 6.07) is 12.8. The molecule has 0 bridgehead atoms. The minimum Gasteiger partial charge on any atom is -0.493 e. The lowest BCUT2D eigenvalue weighted by Gasteiger charge is -2.17. The van der Waals surface area contributed by atoms with Crippen molar-refractivity contribution in [2.45, 2.75) is 17.4 Å². The number of benzene rings is 2. The molecular formula is C16H17FN2OS. The number of ether oxygens (including phenoxy) is 1. The van der Waals surface area contributed by atoms with Gasteiger partial charge >= 0.3 is 0 Å². The maximum absolute atomic E-state index is 13.2. The van der Waals surface area contributed by atoms with E-state index >= 15 is 0 Å². The number of halogens is 1. The van der Waals surface area contributed by atoms with Crippen molar-refractivity contribution in [1.29, 1.82) is 0 Å². The largest absolute Gasteiger partial charge is 0.493 e. The zero-order chi connectivity index (χ0) is 14.7. The summed E-state index contributed by atoms with van der Waals surface area (Å²) >= 11 is 1.58. The normalized spacial score (nSPS) is 14.6. The predicted octanol–water partition coefficient (Wildman–Crippen LogP) is 3.06. The van der Waals surface area contributed by atoms with Crippen molar-refractivity contribution in [3.8, 4) is 5.75 Å². The van der Waals surface area contributed by atoms with Crippen LogP contribution in [0, 0.1) is 5.82 Å². The Morgan fingerprint density at radius 3 is 3.00 bits per heavy atom.